The highest BCUT2D eigenvalue weighted by Gasteiger charge is 2.34. The highest BCUT2D eigenvalue weighted by atomic mass is 16.2. The van der Waals surface area contributed by atoms with Crippen LogP contribution in [0.2, 0.25) is 0 Å². The van der Waals surface area contributed by atoms with E-state index in [0.29, 0.717) is 25.6 Å². The normalized spacial score (nSPS) is 20.2. The summed E-state index contributed by atoms with van der Waals surface area (Å²) in [7, 11) is 0. The number of carbonyl (C=O) groups is 2. The number of nitrogens with zero attached hydrogens (tertiary/aromatic N) is 3. The molecule has 1 aliphatic carbocycles. The van der Waals surface area contributed by atoms with E-state index in [1.54, 1.807) is 4.90 Å². The second kappa shape index (κ2) is 8.04. The lowest BCUT2D eigenvalue weighted by atomic mass is 10.0. The maximum Gasteiger partial charge on any atom is 0.323 e. The third kappa shape index (κ3) is 3.88. The molecule has 0 radical (unpaired) electrons. The molecule has 2 aromatic rings. The monoisotopic (exact) mass is 381 g/mol. The molecule has 0 bridgehead atoms. The molecule has 2 N–H and O–H groups in total. The van der Waals surface area contributed by atoms with E-state index in [1.807, 2.05) is 48.0 Å². The van der Waals surface area contributed by atoms with Crippen LogP contribution < -0.4 is 10.6 Å². The maximum absolute atomic E-state index is 13.1. The number of aryl methyl sites for hydroxylation is 1. The zero-order valence-electron chi connectivity index (χ0n) is 16.2. The third-order valence-electron chi connectivity index (χ3n) is 5.63. The number of benzene rings is 1. The summed E-state index contributed by atoms with van der Waals surface area (Å²) in [6.07, 6.45) is 5.07. The smallest absolute Gasteiger partial charge is 0.323 e. The van der Waals surface area contributed by atoms with E-state index in [0.717, 1.165) is 29.9 Å². The highest BCUT2D eigenvalue weighted by molar-refractivity contribution is 5.94. The summed E-state index contributed by atoms with van der Waals surface area (Å²) in [4.78, 5) is 27.2. The Labute approximate surface area is 165 Å². The Morgan fingerprint density at radius 2 is 2.00 bits per heavy atom. The van der Waals surface area contributed by atoms with Gasteiger partial charge in [-0.2, -0.15) is 5.10 Å². The van der Waals surface area contributed by atoms with E-state index in [9.17, 15) is 9.59 Å². The van der Waals surface area contributed by atoms with Gasteiger partial charge in [-0.25, -0.2) is 9.48 Å². The molecule has 1 unspecified atom stereocenters. The molecule has 1 aliphatic heterocycles. The molecule has 2 aliphatic rings. The van der Waals surface area contributed by atoms with Crippen molar-refractivity contribution in [1.82, 2.24) is 20.0 Å². The largest absolute Gasteiger partial charge is 0.353 e. The van der Waals surface area contributed by atoms with Crippen LogP contribution in [0.15, 0.2) is 36.4 Å². The van der Waals surface area contributed by atoms with Crippen LogP contribution in [0.3, 0.4) is 0 Å². The number of rotatable bonds is 4. The van der Waals surface area contributed by atoms with Gasteiger partial charge in [0.25, 0.3) is 0 Å². The molecule has 1 aromatic carbocycles. The summed E-state index contributed by atoms with van der Waals surface area (Å²) in [5, 5.41) is 10.5. The third-order valence-corrected chi connectivity index (χ3v) is 5.63. The van der Waals surface area contributed by atoms with Gasteiger partial charge in [-0.3, -0.25) is 10.1 Å². The molecule has 1 atom stereocenters. The molecule has 148 valence electrons. The topological polar surface area (TPSA) is 79.3 Å². The number of aromatic nitrogens is 2. The van der Waals surface area contributed by atoms with Crippen LogP contribution in [0, 0.1) is 6.92 Å². The molecule has 1 saturated heterocycles. The van der Waals surface area contributed by atoms with Crippen molar-refractivity contribution in [3.63, 3.8) is 0 Å². The van der Waals surface area contributed by atoms with Gasteiger partial charge in [-0.1, -0.05) is 43.2 Å². The van der Waals surface area contributed by atoms with Crippen LogP contribution in [0.5, 0.6) is 0 Å². The molecule has 4 rings (SSSR count). The van der Waals surface area contributed by atoms with E-state index in [-0.39, 0.29) is 11.9 Å². The van der Waals surface area contributed by atoms with Crippen LogP contribution in [0.1, 0.15) is 43.0 Å². The van der Waals surface area contributed by atoms with Crippen LogP contribution in [-0.2, 0) is 11.2 Å². The lowest BCUT2D eigenvalue weighted by Gasteiger charge is -2.35. The van der Waals surface area contributed by atoms with Crippen molar-refractivity contribution in [1.29, 1.82) is 0 Å². The first-order valence-corrected chi connectivity index (χ1v) is 10.1. The Kier molecular flexibility index (Phi) is 5.32. The Balaban J connectivity index is 1.52. The van der Waals surface area contributed by atoms with Gasteiger partial charge in [0.15, 0.2) is 0 Å². The Hall–Kier alpha value is -2.83. The van der Waals surface area contributed by atoms with Gasteiger partial charge in [0, 0.05) is 25.6 Å². The molecule has 0 spiro atoms. The van der Waals surface area contributed by atoms with Gasteiger partial charge >= 0.3 is 6.03 Å². The van der Waals surface area contributed by atoms with Gasteiger partial charge in [0.1, 0.15) is 11.9 Å². The number of hydrogen-bond acceptors (Lipinski definition) is 3. The van der Waals surface area contributed by atoms with Gasteiger partial charge in [-0.05, 0) is 25.3 Å². The summed E-state index contributed by atoms with van der Waals surface area (Å²) in [6.45, 7) is 2.90. The van der Waals surface area contributed by atoms with Crippen molar-refractivity contribution in [2.24, 2.45) is 0 Å². The number of urea groups is 1. The fourth-order valence-corrected chi connectivity index (χ4v) is 4.22. The van der Waals surface area contributed by atoms with E-state index >= 15 is 0 Å². The molecule has 28 heavy (non-hydrogen) atoms. The number of hydrogen-bond donors (Lipinski definition) is 2. The van der Waals surface area contributed by atoms with E-state index in [4.69, 9.17) is 0 Å². The highest BCUT2D eigenvalue weighted by Crippen LogP contribution is 2.32. The second-order valence-electron chi connectivity index (χ2n) is 7.67. The number of amides is 3. The van der Waals surface area contributed by atoms with E-state index < -0.39 is 6.04 Å². The minimum absolute atomic E-state index is 0.106. The van der Waals surface area contributed by atoms with Gasteiger partial charge < -0.3 is 10.2 Å². The molecule has 3 amide bonds. The fourth-order valence-electron chi connectivity index (χ4n) is 4.22. The minimum atomic E-state index is -0.514. The number of piperazine rings is 1. The van der Waals surface area contributed by atoms with Gasteiger partial charge in [0.05, 0.1) is 11.7 Å². The van der Waals surface area contributed by atoms with Gasteiger partial charge in [0.2, 0.25) is 5.91 Å². The average molecular weight is 381 g/mol. The first kappa shape index (κ1) is 18.5. The first-order valence-electron chi connectivity index (χ1n) is 10.1. The van der Waals surface area contributed by atoms with E-state index in [1.165, 1.54) is 12.8 Å². The summed E-state index contributed by atoms with van der Waals surface area (Å²) < 4.78 is 1.95. The minimum Gasteiger partial charge on any atom is -0.353 e. The number of carbonyl (C=O) groups excluding carboxylic acids is 2. The molecule has 1 aromatic heterocycles. The zero-order valence-corrected chi connectivity index (χ0v) is 16.2. The SMILES string of the molecule is Cc1cc(NC(=O)N2CCNC(=O)C2Cc2ccccc2)n(C2CCCC2)n1. The first-order chi connectivity index (χ1) is 13.6. The lowest BCUT2D eigenvalue weighted by Crippen LogP contribution is -2.59. The average Bonchev–Trinajstić information content (AvgIpc) is 3.34. The number of anilines is 1. The van der Waals surface area contributed by atoms with Crippen LogP contribution in [0.25, 0.3) is 0 Å². The Bertz CT molecular complexity index is 842. The Morgan fingerprint density at radius 1 is 1.25 bits per heavy atom. The standard InChI is InChI=1S/C21H27N5O2/c1-15-13-19(26(24-15)17-9-5-6-10-17)23-21(28)25-12-11-22-20(27)18(25)14-16-7-3-2-4-8-16/h2-4,7-8,13,17-18H,5-6,9-12,14H2,1H3,(H,22,27)(H,23,28). The Morgan fingerprint density at radius 3 is 2.75 bits per heavy atom. The van der Waals surface area contributed by atoms with Crippen molar-refractivity contribution in [3.8, 4) is 0 Å². The predicted molar refractivity (Wildman–Crippen MR) is 107 cm³/mol. The molecule has 2 fully saturated rings. The van der Waals surface area contributed by atoms with Crippen LogP contribution in [0.4, 0.5) is 10.6 Å². The van der Waals surface area contributed by atoms with Crippen molar-refractivity contribution >= 4 is 17.8 Å². The summed E-state index contributed by atoms with van der Waals surface area (Å²) in [6, 6.07) is 11.3. The second-order valence-corrected chi connectivity index (χ2v) is 7.67. The van der Waals surface area contributed by atoms with Gasteiger partial charge in [-0.15, -0.1) is 0 Å². The fraction of sp³-hybridized carbons (Fsp3) is 0.476. The molecular formula is C21H27N5O2. The van der Waals surface area contributed by atoms with Crippen molar-refractivity contribution in [2.45, 2.75) is 51.1 Å². The van der Waals surface area contributed by atoms with Crippen molar-refractivity contribution < 1.29 is 9.59 Å². The maximum atomic E-state index is 13.1. The quantitative estimate of drug-likeness (QED) is 0.855. The zero-order chi connectivity index (χ0) is 19.5. The van der Waals surface area contributed by atoms with Crippen molar-refractivity contribution in [3.05, 3.63) is 47.7 Å². The van der Waals surface area contributed by atoms with Crippen molar-refractivity contribution in [2.75, 3.05) is 18.4 Å². The molecule has 2 heterocycles. The van der Waals surface area contributed by atoms with E-state index in [2.05, 4.69) is 15.7 Å². The predicted octanol–water partition coefficient (Wildman–Crippen LogP) is 2.88. The molecule has 1 saturated carbocycles. The molecule has 7 heteroatoms. The summed E-state index contributed by atoms with van der Waals surface area (Å²) in [5.74, 6) is 0.615. The summed E-state index contributed by atoms with van der Waals surface area (Å²) >= 11 is 0. The molecule has 7 nitrogen and oxygen atoms in total. The lowest BCUT2D eigenvalue weighted by molar-refractivity contribution is -0.127. The number of nitrogens with one attached hydrogen (secondary N) is 2. The van der Waals surface area contributed by atoms with Crippen LogP contribution >= 0.6 is 0 Å². The summed E-state index contributed by atoms with van der Waals surface area (Å²) in [5.41, 5.74) is 1.92. The van der Waals surface area contributed by atoms with Crippen LogP contribution in [-0.4, -0.2) is 45.8 Å². The molecular weight excluding hydrogens is 354 g/mol.